The largest absolute Gasteiger partial charge is 0.327 e. The first-order chi connectivity index (χ1) is 8.09. The van der Waals surface area contributed by atoms with E-state index in [1.165, 1.54) is 4.90 Å². The number of hydrogen-bond acceptors (Lipinski definition) is 3. The number of hydrogen-bond donors (Lipinski definition) is 1. The van der Waals surface area contributed by atoms with Crippen molar-refractivity contribution in [2.45, 2.75) is 18.9 Å². The van der Waals surface area contributed by atoms with Gasteiger partial charge in [0.1, 0.15) is 0 Å². The minimum atomic E-state index is -0.340. The third-order valence-corrected chi connectivity index (χ3v) is 3.14. The van der Waals surface area contributed by atoms with Crippen molar-refractivity contribution < 1.29 is 9.59 Å². The molecule has 1 heterocycles. The van der Waals surface area contributed by atoms with E-state index >= 15 is 0 Å². The lowest BCUT2D eigenvalue weighted by Gasteiger charge is -2.28. The number of carbonyl (C=O) groups is 2. The lowest BCUT2D eigenvalue weighted by atomic mass is 10.0. The number of imide groups is 1. The Kier molecular flexibility index (Phi) is 3.45. The van der Waals surface area contributed by atoms with Crippen LogP contribution in [0.4, 0.5) is 0 Å². The number of piperidine rings is 1. The molecule has 4 nitrogen and oxygen atoms in total. The molecule has 5 heteroatoms. The fourth-order valence-corrected chi connectivity index (χ4v) is 2.07. The normalized spacial score (nSPS) is 20.5. The predicted molar refractivity (Wildman–Crippen MR) is 64.7 cm³/mol. The molecule has 0 bridgehead atoms. The molecule has 2 N–H and O–H groups in total. The molecular formula is C12H13ClN2O2. The summed E-state index contributed by atoms with van der Waals surface area (Å²) in [5.74, 6) is -0.568. The molecule has 0 spiro atoms. The predicted octanol–water partition coefficient (Wildman–Crippen LogP) is 1.43. The van der Waals surface area contributed by atoms with E-state index in [1.54, 1.807) is 24.3 Å². The van der Waals surface area contributed by atoms with Gasteiger partial charge in [-0.25, -0.2) is 0 Å². The van der Waals surface area contributed by atoms with E-state index in [2.05, 4.69) is 0 Å². The van der Waals surface area contributed by atoms with Crippen molar-refractivity contribution in [1.82, 2.24) is 4.90 Å². The number of nitrogens with two attached hydrogens (primary N) is 1. The smallest absolute Gasteiger partial charge is 0.261 e. The standard InChI is InChI=1S/C12H13ClN2O2/c13-10-4-2-1-3-9(10)12(17)15-6-5-8(14)7-11(15)16/h1-4,8H,5-7,14H2. The second-order valence-corrected chi connectivity index (χ2v) is 4.49. The van der Waals surface area contributed by atoms with Crippen molar-refractivity contribution in [2.24, 2.45) is 5.73 Å². The summed E-state index contributed by atoms with van der Waals surface area (Å²) in [5.41, 5.74) is 6.03. The first kappa shape index (κ1) is 12.1. The molecule has 1 aromatic carbocycles. The fourth-order valence-electron chi connectivity index (χ4n) is 1.85. The van der Waals surface area contributed by atoms with E-state index in [-0.39, 0.29) is 24.3 Å². The molecule has 0 aromatic heterocycles. The molecule has 0 radical (unpaired) electrons. The highest BCUT2D eigenvalue weighted by Crippen LogP contribution is 2.20. The molecule has 17 heavy (non-hydrogen) atoms. The maximum absolute atomic E-state index is 12.1. The average molecular weight is 253 g/mol. The number of nitrogens with zero attached hydrogens (tertiary/aromatic N) is 1. The summed E-state index contributed by atoms with van der Waals surface area (Å²) in [5, 5.41) is 0.361. The molecule has 0 saturated carbocycles. The minimum absolute atomic E-state index is 0.141. The van der Waals surface area contributed by atoms with Crippen LogP contribution in [0.25, 0.3) is 0 Å². The molecule has 90 valence electrons. The molecule has 2 amide bonds. The summed E-state index contributed by atoms with van der Waals surface area (Å²) >= 11 is 5.93. The van der Waals surface area contributed by atoms with Crippen LogP contribution in [0.3, 0.4) is 0 Å². The van der Waals surface area contributed by atoms with Crippen molar-refractivity contribution in [3.63, 3.8) is 0 Å². The molecule has 1 aliphatic rings. The molecule has 1 aromatic rings. The number of carbonyl (C=O) groups excluding carboxylic acids is 2. The van der Waals surface area contributed by atoms with Crippen molar-refractivity contribution in [3.8, 4) is 0 Å². The Morgan fingerprint density at radius 1 is 1.41 bits per heavy atom. The lowest BCUT2D eigenvalue weighted by Crippen LogP contribution is -2.46. The Morgan fingerprint density at radius 3 is 2.76 bits per heavy atom. The Balaban J connectivity index is 2.21. The van der Waals surface area contributed by atoms with Crippen LogP contribution in [-0.2, 0) is 4.79 Å². The van der Waals surface area contributed by atoms with Gasteiger partial charge >= 0.3 is 0 Å². The third-order valence-electron chi connectivity index (χ3n) is 2.81. The van der Waals surface area contributed by atoms with Gasteiger partial charge in [-0.2, -0.15) is 0 Å². The van der Waals surface area contributed by atoms with Gasteiger partial charge in [-0.15, -0.1) is 0 Å². The second kappa shape index (κ2) is 4.85. The zero-order chi connectivity index (χ0) is 12.4. The number of halogens is 1. The summed E-state index contributed by atoms with van der Waals surface area (Å²) in [6, 6.07) is 6.58. The van der Waals surface area contributed by atoms with Gasteiger partial charge in [0, 0.05) is 19.0 Å². The highest BCUT2D eigenvalue weighted by Gasteiger charge is 2.29. The molecular weight excluding hydrogens is 240 g/mol. The van der Waals surface area contributed by atoms with E-state index in [0.29, 0.717) is 23.6 Å². The fraction of sp³-hybridized carbons (Fsp3) is 0.333. The lowest BCUT2D eigenvalue weighted by molar-refractivity contribution is -0.130. The number of benzene rings is 1. The molecule has 1 saturated heterocycles. The first-order valence-corrected chi connectivity index (χ1v) is 5.82. The van der Waals surface area contributed by atoms with Crippen LogP contribution >= 0.6 is 11.6 Å². The number of rotatable bonds is 1. The topological polar surface area (TPSA) is 63.4 Å². The Bertz CT molecular complexity index is 462. The van der Waals surface area contributed by atoms with Gasteiger partial charge in [-0.1, -0.05) is 23.7 Å². The van der Waals surface area contributed by atoms with Crippen molar-refractivity contribution >= 4 is 23.4 Å². The van der Waals surface area contributed by atoms with Crippen LogP contribution < -0.4 is 5.73 Å². The van der Waals surface area contributed by atoms with Crippen molar-refractivity contribution in [1.29, 1.82) is 0 Å². The SMILES string of the molecule is NC1CCN(C(=O)c2ccccc2Cl)C(=O)C1. The Morgan fingerprint density at radius 2 is 2.12 bits per heavy atom. The van der Waals surface area contributed by atoms with Gasteiger partial charge in [-0.05, 0) is 18.6 Å². The summed E-state index contributed by atoms with van der Waals surface area (Å²) in [4.78, 5) is 25.1. The van der Waals surface area contributed by atoms with Gasteiger partial charge in [0.05, 0.1) is 10.6 Å². The molecule has 2 rings (SSSR count). The first-order valence-electron chi connectivity index (χ1n) is 5.44. The summed E-state index contributed by atoms with van der Waals surface area (Å²) in [6.45, 7) is 0.365. The molecule has 1 unspecified atom stereocenters. The van der Waals surface area contributed by atoms with Crippen molar-refractivity contribution in [2.75, 3.05) is 6.54 Å². The Hall–Kier alpha value is -1.39. The van der Waals surface area contributed by atoms with Gasteiger partial charge < -0.3 is 5.73 Å². The second-order valence-electron chi connectivity index (χ2n) is 4.08. The maximum Gasteiger partial charge on any atom is 0.261 e. The number of likely N-dealkylation sites (tertiary alicyclic amines) is 1. The highest BCUT2D eigenvalue weighted by molar-refractivity contribution is 6.34. The quantitative estimate of drug-likeness (QED) is 0.769. The van der Waals surface area contributed by atoms with E-state index in [4.69, 9.17) is 17.3 Å². The summed E-state index contributed by atoms with van der Waals surface area (Å²) in [6.07, 6.45) is 0.859. The highest BCUT2D eigenvalue weighted by atomic mass is 35.5. The van der Waals surface area contributed by atoms with Crippen LogP contribution in [0.5, 0.6) is 0 Å². The van der Waals surface area contributed by atoms with E-state index in [1.807, 2.05) is 0 Å². The zero-order valence-electron chi connectivity index (χ0n) is 9.23. The zero-order valence-corrected chi connectivity index (χ0v) is 9.98. The van der Waals surface area contributed by atoms with Crippen LogP contribution in [-0.4, -0.2) is 29.3 Å². The summed E-state index contributed by atoms with van der Waals surface area (Å²) in [7, 11) is 0. The van der Waals surface area contributed by atoms with E-state index in [9.17, 15) is 9.59 Å². The average Bonchev–Trinajstić information content (AvgIpc) is 2.29. The third kappa shape index (κ3) is 2.48. The van der Waals surface area contributed by atoms with Crippen LogP contribution in [0, 0.1) is 0 Å². The summed E-state index contributed by atoms with van der Waals surface area (Å²) < 4.78 is 0. The van der Waals surface area contributed by atoms with Gasteiger partial charge in [-0.3, -0.25) is 14.5 Å². The van der Waals surface area contributed by atoms with Crippen molar-refractivity contribution in [3.05, 3.63) is 34.9 Å². The maximum atomic E-state index is 12.1. The van der Waals surface area contributed by atoms with E-state index < -0.39 is 0 Å². The van der Waals surface area contributed by atoms with Crippen LogP contribution in [0.1, 0.15) is 23.2 Å². The minimum Gasteiger partial charge on any atom is -0.327 e. The Labute approximate surface area is 104 Å². The van der Waals surface area contributed by atoms with E-state index in [0.717, 1.165) is 0 Å². The monoisotopic (exact) mass is 252 g/mol. The van der Waals surface area contributed by atoms with Gasteiger partial charge in [0.25, 0.3) is 5.91 Å². The molecule has 0 aliphatic carbocycles. The molecule has 1 aliphatic heterocycles. The molecule has 1 atom stereocenters. The number of amides is 2. The van der Waals surface area contributed by atoms with Gasteiger partial charge in [0.15, 0.2) is 0 Å². The van der Waals surface area contributed by atoms with Gasteiger partial charge in [0.2, 0.25) is 5.91 Å². The van der Waals surface area contributed by atoms with Crippen LogP contribution in [0.2, 0.25) is 5.02 Å². The molecule has 1 fully saturated rings. The van der Waals surface area contributed by atoms with Crippen LogP contribution in [0.15, 0.2) is 24.3 Å².